The van der Waals surface area contributed by atoms with Gasteiger partial charge in [-0.2, -0.15) is 5.10 Å². The van der Waals surface area contributed by atoms with Crippen LogP contribution in [0.4, 0.5) is 0 Å². The van der Waals surface area contributed by atoms with Gasteiger partial charge in [-0.25, -0.2) is 18.6 Å². The molecule has 4 aromatic rings. The molecular weight excluding hydrogens is 609 g/mol. The molecule has 1 amide bonds. The Balaban J connectivity index is 1.44. The van der Waals surface area contributed by atoms with Crippen molar-refractivity contribution in [3.05, 3.63) is 123 Å². The predicted octanol–water partition coefficient (Wildman–Crippen LogP) is 6.84. The first-order chi connectivity index (χ1) is 20.6. The lowest BCUT2D eigenvalue weighted by Gasteiger charge is -2.18. The minimum atomic E-state index is -3.89. The second kappa shape index (κ2) is 15.0. The summed E-state index contributed by atoms with van der Waals surface area (Å²) in [6.45, 7) is 4.35. The number of aryl methyl sites for hydroxylation is 1. The van der Waals surface area contributed by atoms with Gasteiger partial charge in [0.15, 0.2) is 11.5 Å². The molecule has 0 bridgehead atoms. The smallest absolute Gasteiger partial charge is 0.242 e. The van der Waals surface area contributed by atoms with Crippen LogP contribution in [0, 0.1) is 6.92 Å². The van der Waals surface area contributed by atoms with Crippen LogP contribution in [-0.2, 0) is 21.4 Å². The van der Waals surface area contributed by atoms with E-state index in [1.54, 1.807) is 60.7 Å². The van der Waals surface area contributed by atoms with E-state index in [2.05, 4.69) is 15.2 Å². The van der Waals surface area contributed by atoms with E-state index in [0.29, 0.717) is 39.3 Å². The Kier molecular flexibility index (Phi) is 11.2. The second-order valence-corrected chi connectivity index (χ2v) is 12.1. The Bertz CT molecular complexity index is 1660. The Morgan fingerprint density at radius 3 is 2.33 bits per heavy atom. The highest BCUT2D eigenvalue weighted by Crippen LogP contribution is 2.37. The molecule has 0 saturated carbocycles. The molecule has 0 saturated heterocycles. The van der Waals surface area contributed by atoms with E-state index in [-0.39, 0.29) is 17.9 Å². The maximum atomic E-state index is 13.1. The van der Waals surface area contributed by atoms with E-state index in [1.165, 1.54) is 18.3 Å². The standard InChI is InChI=1S/C32H31Cl2N3O5S/c1-3-41-30-18-24(17-28(34)32(30)42-21-23-11-13-26(33)14-12-23)20-35-36-31(38)19-29(25-7-5-4-6-8-25)37-43(39,40)27-15-9-22(2)10-16-27/h4-18,20,29,37H,3,19,21H2,1-2H3,(H,36,38)/b35-20-/t29-/m0/s1. The largest absolute Gasteiger partial charge is 0.490 e. The maximum Gasteiger partial charge on any atom is 0.242 e. The highest BCUT2D eigenvalue weighted by Gasteiger charge is 2.24. The number of amides is 1. The first-order valence-electron chi connectivity index (χ1n) is 13.4. The molecule has 0 unspecified atom stereocenters. The van der Waals surface area contributed by atoms with Crippen molar-refractivity contribution in [3.63, 3.8) is 0 Å². The second-order valence-electron chi connectivity index (χ2n) is 9.57. The zero-order valence-electron chi connectivity index (χ0n) is 23.6. The SMILES string of the molecule is CCOc1cc(/C=N\NC(=O)C[C@H](NS(=O)(=O)c2ccc(C)cc2)c2ccccc2)cc(Cl)c1OCc1ccc(Cl)cc1. The molecule has 0 aliphatic heterocycles. The van der Waals surface area contributed by atoms with E-state index < -0.39 is 22.0 Å². The van der Waals surface area contributed by atoms with Crippen LogP contribution in [0.25, 0.3) is 0 Å². The molecule has 1 atom stereocenters. The van der Waals surface area contributed by atoms with Crippen LogP contribution in [0.5, 0.6) is 11.5 Å². The highest BCUT2D eigenvalue weighted by atomic mass is 35.5. The number of halogens is 2. The number of nitrogens with one attached hydrogen (secondary N) is 2. The fourth-order valence-corrected chi connectivity index (χ4v) is 5.72. The van der Waals surface area contributed by atoms with Crippen LogP contribution in [0.1, 0.15) is 41.6 Å². The molecule has 0 radical (unpaired) electrons. The molecule has 2 N–H and O–H groups in total. The van der Waals surface area contributed by atoms with Gasteiger partial charge in [0.1, 0.15) is 6.61 Å². The molecule has 0 heterocycles. The van der Waals surface area contributed by atoms with Gasteiger partial charge in [0.05, 0.1) is 28.8 Å². The summed E-state index contributed by atoms with van der Waals surface area (Å²) in [5.74, 6) is 0.313. The van der Waals surface area contributed by atoms with E-state index in [0.717, 1.165) is 11.1 Å². The normalized spacial score (nSPS) is 12.2. The number of carbonyl (C=O) groups is 1. The average molecular weight is 641 g/mol. The van der Waals surface area contributed by atoms with Gasteiger partial charge in [-0.05, 0) is 66.9 Å². The van der Waals surface area contributed by atoms with Crippen molar-refractivity contribution in [1.29, 1.82) is 0 Å². The molecule has 0 aliphatic carbocycles. The molecule has 4 aromatic carbocycles. The molecule has 0 aromatic heterocycles. The van der Waals surface area contributed by atoms with Crippen LogP contribution in [-0.4, -0.2) is 27.1 Å². The van der Waals surface area contributed by atoms with Crippen LogP contribution in [0.2, 0.25) is 10.0 Å². The number of rotatable bonds is 13. The average Bonchev–Trinajstić information content (AvgIpc) is 2.98. The van der Waals surface area contributed by atoms with Gasteiger partial charge >= 0.3 is 0 Å². The molecule has 8 nitrogen and oxygen atoms in total. The number of hydrazone groups is 1. The first kappa shape index (κ1) is 32.0. The number of hydrogen-bond donors (Lipinski definition) is 2. The van der Waals surface area contributed by atoms with E-state index in [4.69, 9.17) is 32.7 Å². The molecule has 0 aliphatic rings. The van der Waals surface area contributed by atoms with Crippen LogP contribution < -0.4 is 19.6 Å². The quantitative estimate of drug-likeness (QED) is 0.123. The van der Waals surface area contributed by atoms with Gasteiger partial charge in [-0.3, -0.25) is 4.79 Å². The fraction of sp³-hybridized carbons (Fsp3) is 0.188. The minimum absolute atomic E-state index is 0.111. The van der Waals surface area contributed by atoms with Crippen molar-refractivity contribution in [2.75, 3.05) is 6.61 Å². The number of nitrogens with zero attached hydrogens (tertiary/aromatic N) is 1. The molecule has 43 heavy (non-hydrogen) atoms. The summed E-state index contributed by atoms with van der Waals surface area (Å²) in [4.78, 5) is 13.0. The van der Waals surface area contributed by atoms with E-state index in [1.807, 2.05) is 32.0 Å². The number of ether oxygens (including phenoxy) is 2. The monoisotopic (exact) mass is 639 g/mol. The van der Waals surface area contributed by atoms with Crippen molar-refractivity contribution in [3.8, 4) is 11.5 Å². The van der Waals surface area contributed by atoms with Crippen molar-refractivity contribution in [1.82, 2.24) is 10.1 Å². The van der Waals surface area contributed by atoms with Crippen molar-refractivity contribution >= 4 is 45.3 Å². The Labute approximate surface area is 261 Å². The zero-order chi connectivity index (χ0) is 30.8. The Morgan fingerprint density at radius 1 is 0.953 bits per heavy atom. The Hall–Kier alpha value is -3.89. The lowest BCUT2D eigenvalue weighted by Crippen LogP contribution is -2.32. The van der Waals surface area contributed by atoms with Crippen LogP contribution in [0.15, 0.2) is 101 Å². The zero-order valence-corrected chi connectivity index (χ0v) is 25.9. The third-order valence-corrected chi connectivity index (χ3v) is 8.27. The number of carbonyl (C=O) groups excluding carboxylic acids is 1. The highest BCUT2D eigenvalue weighted by molar-refractivity contribution is 7.89. The first-order valence-corrected chi connectivity index (χ1v) is 15.7. The maximum absolute atomic E-state index is 13.1. The summed E-state index contributed by atoms with van der Waals surface area (Å²) >= 11 is 12.5. The van der Waals surface area contributed by atoms with Crippen molar-refractivity contribution in [2.45, 2.75) is 37.8 Å². The van der Waals surface area contributed by atoms with Gasteiger partial charge in [-0.1, -0.05) is 83.4 Å². The van der Waals surface area contributed by atoms with Crippen LogP contribution >= 0.6 is 23.2 Å². The number of hydrogen-bond acceptors (Lipinski definition) is 6. The molecule has 0 spiro atoms. The van der Waals surface area contributed by atoms with Gasteiger partial charge in [0, 0.05) is 11.4 Å². The lowest BCUT2D eigenvalue weighted by atomic mass is 10.0. The van der Waals surface area contributed by atoms with Crippen molar-refractivity contribution in [2.24, 2.45) is 5.10 Å². The Morgan fingerprint density at radius 2 is 1.65 bits per heavy atom. The van der Waals surface area contributed by atoms with E-state index in [9.17, 15) is 13.2 Å². The summed E-state index contributed by atoms with van der Waals surface area (Å²) < 4.78 is 40.5. The fourth-order valence-electron chi connectivity index (χ4n) is 4.10. The predicted molar refractivity (Wildman–Crippen MR) is 169 cm³/mol. The van der Waals surface area contributed by atoms with Gasteiger partial charge in [0.25, 0.3) is 0 Å². The molecule has 0 fully saturated rings. The topological polar surface area (TPSA) is 106 Å². The van der Waals surface area contributed by atoms with Crippen molar-refractivity contribution < 1.29 is 22.7 Å². The summed E-state index contributed by atoms with van der Waals surface area (Å²) in [7, 11) is -3.89. The van der Waals surface area contributed by atoms with Gasteiger partial charge < -0.3 is 9.47 Å². The summed E-state index contributed by atoms with van der Waals surface area (Å²) in [5, 5.41) is 5.00. The summed E-state index contributed by atoms with van der Waals surface area (Å²) in [5.41, 5.74) is 5.52. The van der Waals surface area contributed by atoms with Gasteiger partial charge in [0.2, 0.25) is 15.9 Å². The molecule has 224 valence electrons. The number of benzene rings is 4. The minimum Gasteiger partial charge on any atom is -0.490 e. The van der Waals surface area contributed by atoms with E-state index >= 15 is 0 Å². The summed E-state index contributed by atoms with van der Waals surface area (Å²) in [6.07, 6.45) is 1.23. The molecule has 4 rings (SSSR count). The van der Waals surface area contributed by atoms with Crippen LogP contribution in [0.3, 0.4) is 0 Å². The lowest BCUT2D eigenvalue weighted by molar-refractivity contribution is -0.121. The summed E-state index contributed by atoms with van der Waals surface area (Å²) in [6, 6.07) is 25.2. The third-order valence-electron chi connectivity index (χ3n) is 6.25. The molecular formula is C32H31Cl2N3O5S. The number of sulfonamides is 1. The molecule has 11 heteroatoms. The third kappa shape index (κ3) is 9.30. The van der Waals surface area contributed by atoms with Gasteiger partial charge in [-0.15, -0.1) is 0 Å².